The molecule has 31 heavy (non-hydrogen) atoms. The van der Waals surface area contributed by atoms with Crippen molar-refractivity contribution in [3.05, 3.63) is 73.8 Å². The number of hydrogen-bond acceptors (Lipinski definition) is 4. The van der Waals surface area contributed by atoms with Gasteiger partial charge in [-0.25, -0.2) is 14.2 Å². The number of amides is 1. The smallest absolute Gasteiger partial charge is 0.330 e. The first-order valence-corrected chi connectivity index (χ1v) is 10.5. The van der Waals surface area contributed by atoms with Gasteiger partial charge in [0.25, 0.3) is 11.5 Å². The van der Waals surface area contributed by atoms with Crippen molar-refractivity contribution in [1.29, 1.82) is 0 Å². The summed E-state index contributed by atoms with van der Waals surface area (Å²) in [6, 6.07) is 7.77. The van der Waals surface area contributed by atoms with Gasteiger partial charge in [-0.05, 0) is 48.9 Å². The van der Waals surface area contributed by atoms with Gasteiger partial charge in [-0.3, -0.25) is 19.1 Å². The van der Waals surface area contributed by atoms with Gasteiger partial charge < -0.3 is 5.32 Å². The first kappa shape index (κ1) is 21.0. The molecular formula is C23H25FN4O3. The molecule has 1 fully saturated rings. The van der Waals surface area contributed by atoms with Crippen molar-refractivity contribution in [2.75, 3.05) is 6.54 Å². The van der Waals surface area contributed by atoms with Crippen LogP contribution >= 0.6 is 0 Å². The number of aromatic amines is 1. The summed E-state index contributed by atoms with van der Waals surface area (Å²) in [5.41, 5.74) is 0.982. The second kappa shape index (κ2) is 8.45. The minimum atomic E-state index is -0.612. The van der Waals surface area contributed by atoms with E-state index in [-0.39, 0.29) is 34.2 Å². The molecule has 1 saturated carbocycles. The molecule has 8 heteroatoms. The second-order valence-corrected chi connectivity index (χ2v) is 8.46. The normalized spacial score (nSPS) is 13.7. The molecule has 2 aromatic heterocycles. The lowest BCUT2D eigenvalue weighted by Gasteiger charge is -2.15. The third kappa shape index (κ3) is 4.57. The van der Waals surface area contributed by atoms with Gasteiger partial charge >= 0.3 is 5.69 Å². The van der Waals surface area contributed by atoms with Crippen LogP contribution in [0.2, 0.25) is 0 Å². The molecule has 4 rings (SSSR count). The summed E-state index contributed by atoms with van der Waals surface area (Å²) in [5, 5.41) is 2.97. The van der Waals surface area contributed by atoms with Gasteiger partial charge in [-0.2, -0.15) is 0 Å². The van der Waals surface area contributed by atoms with Crippen LogP contribution in [0, 0.1) is 11.7 Å². The maximum absolute atomic E-state index is 13.1. The molecule has 1 aromatic carbocycles. The Labute approximate surface area is 178 Å². The Morgan fingerprint density at radius 1 is 1.26 bits per heavy atom. The number of carbonyl (C=O) groups is 1. The van der Waals surface area contributed by atoms with E-state index >= 15 is 0 Å². The van der Waals surface area contributed by atoms with Crippen LogP contribution in [0.25, 0.3) is 11.0 Å². The van der Waals surface area contributed by atoms with E-state index in [1.54, 1.807) is 18.2 Å². The Balaban J connectivity index is 1.70. The average Bonchev–Trinajstić information content (AvgIpc) is 3.57. The molecule has 0 aliphatic heterocycles. The molecule has 3 aromatic rings. The van der Waals surface area contributed by atoms with Crippen LogP contribution in [0.4, 0.5) is 4.39 Å². The van der Waals surface area contributed by atoms with E-state index in [4.69, 9.17) is 0 Å². The van der Waals surface area contributed by atoms with E-state index in [1.807, 2.05) is 13.8 Å². The summed E-state index contributed by atoms with van der Waals surface area (Å²) in [6.07, 6.45) is 2.47. The van der Waals surface area contributed by atoms with E-state index in [9.17, 15) is 18.8 Å². The first-order chi connectivity index (χ1) is 14.8. The Hall–Kier alpha value is -3.29. The van der Waals surface area contributed by atoms with Crippen LogP contribution in [-0.2, 0) is 13.0 Å². The molecule has 2 N–H and O–H groups in total. The number of fused-ring (bicyclic) bond motifs is 1. The number of rotatable bonds is 7. The van der Waals surface area contributed by atoms with E-state index in [0.717, 1.165) is 24.1 Å². The minimum absolute atomic E-state index is 0.129. The lowest BCUT2D eigenvalue weighted by atomic mass is 10.1. The number of aromatic nitrogens is 3. The summed E-state index contributed by atoms with van der Waals surface area (Å²) in [7, 11) is 0. The molecule has 1 aliphatic carbocycles. The van der Waals surface area contributed by atoms with E-state index < -0.39 is 17.2 Å². The number of benzene rings is 1. The fourth-order valence-corrected chi connectivity index (χ4v) is 3.66. The first-order valence-electron chi connectivity index (χ1n) is 10.5. The highest BCUT2D eigenvalue weighted by Crippen LogP contribution is 2.39. The lowest BCUT2D eigenvalue weighted by molar-refractivity contribution is 0.0955. The summed E-state index contributed by atoms with van der Waals surface area (Å²) in [6.45, 7) is 4.66. The summed E-state index contributed by atoms with van der Waals surface area (Å²) >= 11 is 0. The van der Waals surface area contributed by atoms with Gasteiger partial charge in [0.2, 0.25) is 0 Å². The maximum Gasteiger partial charge on any atom is 0.330 e. The van der Waals surface area contributed by atoms with Crippen molar-refractivity contribution in [3.8, 4) is 0 Å². The molecule has 0 atom stereocenters. The number of hydrogen-bond donors (Lipinski definition) is 2. The van der Waals surface area contributed by atoms with Crippen molar-refractivity contribution < 1.29 is 9.18 Å². The lowest BCUT2D eigenvalue weighted by Crippen LogP contribution is -2.34. The molecule has 7 nitrogen and oxygen atoms in total. The molecule has 1 amide bonds. The highest BCUT2D eigenvalue weighted by molar-refractivity contribution is 6.05. The van der Waals surface area contributed by atoms with Crippen molar-refractivity contribution in [2.24, 2.45) is 5.92 Å². The maximum atomic E-state index is 13.1. The molecule has 0 bridgehead atoms. The Morgan fingerprint density at radius 3 is 2.61 bits per heavy atom. The summed E-state index contributed by atoms with van der Waals surface area (Å²) in [5.74, 6) is -0.296. The van der Waals surface area contributed by atoms with Crippen LogP contribution in [0.15, 0.2) is 39.9 Å². The molecule has 0 saturated heterocycles. The zero-order valence-electron chi connectivity index (χ0n) is 17.6. The van der Waals surface area contributed by atoms with Crippen LogP contribution < -0.4 is 16.6 Å². The van der Waals surface area contributed by atoms with Gasteiger partial charge in [-0.15, -0.1) is 0 Å². The monoisotopic (exact) mass is 424 g/mol. The molecule has 0 spiro atoms. The molecule has 0 radical (unpaired) electrons. The number of nitrogens with one attached hydrogen (secondary N) is 2. The third-order valence-corrected chi connectivity index (χ3v) is 5.37. The fraction of sp³-hybridized carbons (Fsp3) is 0.391. The van der Waals surface area contributed by atoms with Crippen molar-refractivity contribution in [3.63, 3.8) is 0 Å². The number of nitrogens with zero attached hydrogens (tertiary/aromatic N) is 2. The Kier molecular flexibility index (Phi) is 5.71. The van der Waals surface area contributed by atoms with Crippen LogP contribution in [-0.4, -0.2) is 27.0 Å². The van der Waals surface area contributed by atoms with Crippen molar-refractivity contribution >= 4 is 16.9 Å². The zero-order valence-corrected chi connectivity index (χ0v) is 17.6. The molecule has 0 unspecified atom stereocenters. The standard InChI is InChI=1S/C23H25FN4O3/c1-13(2)12-28-20-19(22(30)27-23(28)31)17(11-18(26-20)15-5-6-15)21(29)25-10-9-14-3-7-16(24)8-4-14/h3-4,7-8,11,13,15H,5-6,9-10,12H2,1-2H3,(H,25,29)(H,27,30,31). The summed E-state index contributed by atoms with van der Waals surface area (Å²) in [4.78, 5) is 45.1. The predicted octanol–water partition coefficient (Wildman–Crippen LogP) is 2.73. The van der Waals surface area contributed by atoms with Crippen LogP contribution in [0.5, 0.6) is 0 Å². The Bertz CT molecular complexity index is 1240. The second-order valence-electron chi connectivity index (χ2n) is 8.46. The predicted molar refractivity (Wildman–Crippen MR) is 116 cm³/mol. The highest BCUT2D eigenvalue weighted by Gasteiger charge is 2.28. The number of pyridine rings is 1. The quantitative estimate of drug-likeness (QED) is 0.610. The zero-order chi connectivity index (χ0) is 22.1. The van der Waals surface area contributed by atoms with Gasteiger partial charge in [-0.1, -0.05) is 26.0 Å². The van der Waals surface area contributed by atoms with Gasteiger partial charge in [0, 0.05) is 24.7 Å². The highest BCUT2D eigenvalue weighted by atomic mass is 19.1. The number of halogens is 1. The SMILES string of the molecule is CC(C)Cn1c(=O)[nH]c(=O)c2c(C(=O)NCCc3ccc(F)cc3)cc(C3CC3)nc21. The van der Waals surface area contributed by atoms with Crippen LogP contribution in [0.3, 0.4) is 0 Å². The largest absolute Gasteiger partial charge is 0.352 e. The minimum Gasteiger partial charge on any atom is -0.352 e. The third-order valence-electron chi connectivity index (χ3n) is 5.37. The van der Waals surface area contributed by atoms with E-state index in [2.05, 4.69) is 15.3 Å². The molecular weight excluding hydrogens is 399 g/mol. The number of carbonyl (C=O) groups excluding carboxylic acids is 1. The Morgan fingerprint density at radius 2 is 1.97 bits per heavy atom. The van der Waals surface area contributed by atoms with E-state index in [0.29, 0.717) is 19.5 Å². The topological polar surface area (TPSA) is 96.9 Å². The van der Waals surface area contributed by atoms with Gasteiger partial charge in [0.1, 0.15) is 5.82 Å². The molecule has 162 valence electrons. The van der Waals surface area contributed by atoms with E-state index in [1.165, 1.54) is 16.7 Å². The van der Waals surface area contributed by atoms with Gasteiger partial charge in [0.15, 0.2) is 5.65 Å². The van der Waals surface area contributed by atoms with Crippen LogP contribution in [0.1, 0.15) is 54.2 Å². The molecule has 1 aliphatic rings. The van der Waals surface area contributed by atoms with Crippen molar-refractivity contribution in [1.82, 2.24) is 19.9 Å². The van der Waals surface area contributed by atoms with Gasteiger partial charge in [0.05, 0.1) is 10.9 Å². The average molecular weight is 424 g/mol. The van der Waals surface area contributed by atoms with Crippen molar-refractivity contribution in [2.45, 2.75) is 45.6 Å². The number of H-pyrrole nitrogens is 1. The molecule has 2 heterocycles. The fourth-order valence-electron chi connectivity index (χ4n) is 3.66. The summed E-state index contributed by atoms with van der Waals surface area (Å²) < 4.78 is 14.5.